The van der Waals surface area contributed by atoms with Gasteiger partial charge in [-0.05, 0) is 43.0 Å². The fraction of sp³-hybridized carbons (Fsp3) is 0.435. The molecule has 0 saturated heterocycles. The van der Waals surface area contributed by atoms with Crippen molar-refractivity contribution in [2.24, 2.45) is 0 Å². The number of carbonyl (C=O) groups is 2. The number of carbonyl (C=O) groups excluding carboxylic acids is 2. The van der Waals surface area contributed by atoms with Gasteiger partial charge < -0.3 is 19.9 Å². The molecule has 0 bridgehead atoms. The van der Waals surface area contributed by atoms with E-state index in [2.05, 4.69) is 10.1 Å². The zero-order chi connectivity index (χ0) is 22.6. The predicted molar refractivity (Wildman–Crippen MR) is 116 cm³/mol. The number of aliphatic hydroxyl groups is 1. The van der Waals surface area contributed by atoms with Crippen LogP contribution in [-0.2, 0) is 19.5 Å². The lowest BCUT2D eigenvalue weighted by molar-refractivity contribution is 0.0608. The number of hydrogen-bond acceptors (Lipinski definition) is 4. The van der Waals surface area contributed by atoms with Crippen molar-refractivity contribution in [1.82, 2.24) is 24.6 Å². The van der Waals surface area contributed by atoms with Crippen molar-refractivity contribution in [3.63, 3.8) is 0 Å². The van der Waals surface area contributed by atoms with Crippen LogP contribution >= 0.6 is 0 Å². The van der Waals surface area contributed by atoms with Crippen LogP contribution in [-0.4, -0.2) is 67.2 Å². The van der Waals surface area contributed by atoms with Gasteiger partial charge in [0.1, 0.15) is 11.5 Å². The molecule has 2 amide bonds. The summed E-state index contributed by atoms with van der Waals surface area (Å²) in [4.78, 5) is 32.7. The molecule has 1 aromatic carbocycles. The molecule has 0 spiro atoms. The van der Waals surface area contributed by atoms with E-state index < -0.39 is 5.54 Å². The van der Waals surface area contributed by atoms with Gasteiger partial charge in [-0.25, -0.2) is 4.39 Å². The molecule has 0 radical (unpaired) electrons. The normalized spacial score (nSPS) is 16.8. The Hall–Kier alpha value is -3.20. The van der Waals surface area contributed by atoms with Crippen molar-refractivity contribution < 1.29 is 19.1 Å². The van der Waals surface area contributed by atoms with E-state index >= 15 is 0 Å². The van der Waals surface area contributed by atoms with Gasteiger partial charge in [0.2, 0.25) is 0 Å². The number of likely N-dealkylation sites (N-methyl/N-ethyl adjacent to an activating group) is 1. The molecule has 2 aromatic heterocycles. The first-order chi connectivity index (χ1) is 15.4. The van der Waals surface area contributed by atoms with Gasteiger partial charge >= 0.3 is 0 Å². The highest BCUT2D eigenvalue weighted by Gasteiger charge is 2.48. The molecule has 9 heteroatoms. The number of rotatable bonds is 5. The topological polar surface area (TPSA) is 94.5 Å². The van der Waals surface area contributed by atoms with E-state index in [0.29, 0.717) is 42.0 Å². The standard InChI is InChI=1S/C23H26FN5O3/c1-3-14-8-15(24)9-18-16(14)10-19(26-18)22(32)28-6-7-29-20(12-28)17(11-25-29)21(31)27(2)23(13-30)4-5-23/h8-11,26,30H,3-7,12-13H2,1-2H3. The maximum Gasteiger partial charge on any atom is 0.270 e. The van der Waals surface area contributed by atoms with Crippen LogP contribution in [0.5, 0.6) is 0 Å². The van der Waals surface area contributed by atoms with Crippen LogP contribution < -0.4 is 0 Å². The van der Waals surface area contributed by atoms with Crippen LogP contribution in [0.25, 0.3) is 10.9 Å². The fourth-order valence-corrected chi connectivity index (χ4v) is 4.59. The summed E-state index contributed by atoms with van der Waals surface area (Å²) in [5, 5.41) is 14.9. The maximum absolute atomic E-state index is 13.9. The van der Waals surface area contributed by atoms with E-state index in [1.54, 1.807) is 33.8 Å². The zero-order valence-corrected chi connectivity index (χ0v) is 18.2. The number of aryl methyl sites for hydroxylation is 1. The minimum atomic E-state index is -0.479. The Morgan fingerprint density at radius 2 is 2.06 bits per heavy atom. The summed E-state index contributed by atoms with van der Waals surface area (Å²) < 4.78 is 15.7. The number of nitrogens with one attached hydrogen (secondary N) is 1. The Morgan fingerprint density at radius 1 is 1.28 bits per heavy atom. The summed E-state index contributed by atoms with van der Waals surface area (Å²) in [6.07, 6.45) is 3.77. The molecule has 1 saturated carbocycles. The third kappa shape index (κ3) is 3.19. The lowest BCUT2D eigenvalue weighted by Crippen LogP contribution is -2.43. The van der Waals surface area contributed by atoms with E-state index in [4.69, 9.17) is 0 Å². The summed E-state index contributed by atoms with van der Waals surface area (Å²) in [5.74, 6) is -0.724. The largest absolute Gasteiger partial charge is 0.394 e. The van der Waals surface area contributed by atoms with Crippen LogP contribution in [0.1, 0.15) is 51.9 Å². The van der Waals surface area contributed by atoms with Gasteiger partial charge in [-0.2, -0.15) is 5.10 Å². The molecule has 1 aliphatic heterocycles. The van der Waals surface area contributed by atoms with E-state index in [1.807, 2.05) is 6.92 Å². The molecule has 3 aromatic rings. The zero-order valence-electron chi connectivity index (χ0n) is 18.2. The highest BCUT2D eigenvalue weighted by Crippen LogP contribution is 2.41. The first-order valence-corrected chi connectivity index (χ1v) is 10.9. The molecule has 168 valence electrons. The predicted octanol–water partition coefficient (Wildman–Crippen LogP) is 2.32. The molecule has 32 heavy (non-hydrogen) atoms. The van der Waals surface area contributed by atoms with E-state index in [-0.39, 0.29) is 30.8 Å². The second kappa shape index (κ2) is 7.44. The third-order valence-electron chi connectivity index (χ3n) is 6.93. The number of aromatic nitrogens is 3. The second-order valence-electron chi connectivity index (χ2n) is 8.76. The summed E-state index contributed by atoms with van der Waals surface area (Å²) >= 11 is 0. The van der Waals surface area contributed by atoms with Crippen LogP contribution in [0.4, 0.5) is 4.39 Å². The minimum Gasteiger partial charge on any atom is -0.394 e. The highest BCUT2D eigenvalue weighted by molar-refractivity contribution is 5.99. The van der Waals surface area contributed by atoms with E-state index in [9.17, 15) is 19.1 Å². The first-order valence-electron chi connectivity index (χ1n) is 10.9. The fourth-order valence-electron chi connectivity index (χ4n) is 4.59. The average molecular weight is 439 g/mol. The molecule has 2 aliphatic rings. The molecule has 5 rings (SSSR count). The number of aliphatic hydroxyl groups excluding tert-OH is 1. The molecule has 2 N–H and O–H groups in total. The van der Waals surface area contributed by atoms with Gasteiger partial charge in [0, 0.05) is 24.5 Å². The van der Waals surface area contributed by atoms with Crippen molar-refractivity contribution in [1.29, 1.82) is 0 Å². The van der Waals surface area contributed by atoms with Gasteiger partial charge in [-0.3, -0.25) is 14.3 Å². The minimum absolute atomic E-state index is 0.0654. The average Bonchev–Trinajstić information content (AvgIpc) is 3.30. The van der Waals surface area contributed by atoms with Gasteiger partial charge in [0.25, 0.3) is 11.8 Å². The van der Waals surface area contributed by atoms with Crippen LogP contribution in [0.2, 0.25) is 0 Å². The number of amides is 2. The van der Waals surface area contributed by atoms with Crippen molar-refractivity contribution in [2.45, 2.75) is 44.8 Å². The van der Waals surface area contributed by atoms with Crippen molar-refractivity contribution >= 4 is 22.7 Å². The quantitative estimate of drug-likeness (QED) is 0.638. The summed E-state index contributed by atoms with van der Waals surface area (Å²) in [6, 6.07) is 4.68. The third-order valence-corrected chi connectivity index (χ3v) is 6.93. The maximum atomic E-state index is 13.9. The van der Waals surface area contributed by atoms with Crippen LogP contribution in [0, 0.1) is 5.82 Å². The van der Waals surface area contributed by atoms with Crippen molar-refractivity contribution in [3.8, 4) is 0 Å². The summed E-state index contributed by atoms with van der Waals surface area (Å²) in [6.45, 7) is 3.08. The van der Waals surface area contributed by atoms with Crippen molar-refractivity contribution in [3.05, 3.63) is 52.7 Å². The van der Waals surface area contributed by atoms with E-state index in [1.165, 1.54) is 12.1 Å². The van der Waals surface area contributed by atoms with Crippen LogP contribution in [0.15, 0.2) is 24.4 Å². The second-order valence-corrected chi connectivity index (χ2v) is 8.76. The lowest BCUT2D eigenvalue weighted by Gasteiger charge is -2.30. The first kappa shape index (κ1) is 20.7. The van der Waals surface area contributed by atoms with Crippen molar-refractivity contribution in [2.75, 3.05) is 20.2 Å². The van der Waals surface area contributed by atoms with Gasteiger partial charge in [0.15, 0.2) is 0 Å². The number of fused-ring (bicyclic) bond motifs is 2. The monoisotopic (exact) mass is 439 g/mol. The van der Waals surface area contributed by atoms with Gasteiger partial charge in [-0.1, -0.05) is 6.92 Å². The molecule has 3 heterocycles. The Kier molecular flexibility index (Phi) is 4.81. The Labute approximate surface area is 184 Å². The Balaban J connectivity index is 1.41. The van der Waals surface area contributed by atoms with Crippen LogP contribution in [0.3, 0.4) is 0 Å². The molecule has 1 fully saturated rings. The summed E-state index contributed by atoms with van der Waals surface area (Å²) in [5.41, 5.74) is 2.51. The number of benzene rings is 1. The number of aromatic amines is 1. The van der Waals surface area contributed by atoms with Gasteiger partial charge in [-0.15, -0.1) is 0 Å². The van der Waals surface area contributed by atoms with Gasteiger partial charge in [0.05, 0.1) is 42.7 Å². The number of hydrogen-bond donors (Lipinski definition) is 2. The number of halogens is 1. The number of H-pyrrole nitrogens is 1. The molecule has 0 unspecified atom stereocenters. The summed E-state index contributed by atoms with van der Waals surface area (Å²) in [7, 11) is 1.70. The Morgan fingerprint density at radius 3 is 2.75 bits per heavy atom. The highest BCUT2D eigenvalue weighted by atomic mass is 19.1. The smallest absolute Gasteiger partial charge is 0.270 e. The Bertz CT molecular complexity index is 1230. The SMILES string of the molecule is CCc1cc(F)cc2[nH]c(C(=O)N3CCn4ncc(C(=O)N(C)C5(CO)CC5)c4C3)cc12. The lowest BCUT2D eigenvalue weighted by atomic mass is 10.1. The van der Waals surface area contributed by atoms with E-state index in [0.717, 1.165) is 23.8 Å². The molecule has 8 nitrogen and oxygen atoms in total. The number of nitrogens with zero attached hydrogens (tertiary/aromatic N) is 4. The molecular formula is C23H26FN5O3. The molecule has 1 aliphatic carbocycles. The molecular weight excluding hydrogens is 413 g/mol. The molecule has 0 atom stereocenters.